The highest BCUT2D eigenvalue weighted by Crippen LogP contribution is 2.17. The molecule has 10 heteroatoms. The summed E-state index contributed by atoms with van der Waals surface area (Å²) in [6, 6.07) is 10.6. The lowest BCUT2D eigenvalue weighted by Crippen LogP contribution is -2.43. The van der Waals surface area contributed by atoms with Crippen molar-refractivity contribution in [1.82, 2.24) is 20.4 Å². The van der Waals surface area contributed by atoms with E-state index in [0.717, 1.165) is 19.3 Å². The molecule has 0 fully saturated rings. The average Bonchev–Trinajstić information content (AvgIpc) is 3.07. The predicted molar refractivity (Wildman–Crippen MR) is 121 cm³/mol. The number of halogens is 1. The van der Waals surface area contributed by atoms with E-state index in [4.69, 9.17) is 16.3 Å². The molecular formula is C23H21ClN4O5. The number of ether oxygens (including phenoxy) is 1. The highest BCUT2D eigenvalue weighted by molar-refractivity contribution is 6.30. The van der Waals surface area contributed by atoms with E-state index in [0.29, 0.717) is 40.3 Å². The topological polar surface area (TPSA) is 119 Å². The van der Waals surface area contributed by atoms with Crippen LogP contribution < -0.4 is 16.4 Å². The number of hydrogen-bond donors (Lipinski definition) is 2. The number of hydrogen-bond acceptors (Lipinski definition) is 6. The van der Waals surface area contributed by atoms with Crippen LogP contribution >= 0.6 is 11.6 Å². The monoisotopic (exact) mass is 468 g/mol. The number of benzene rings is 2. The Morgan fingerprint density at radius 2 is 1.76 bits per heavy atom. The molecule has 2 N–H and O–H groups in total. The Bertz CT molecular complexity index is 1290. The minimum Gasteiger partial charge on any atom is -0.452 e. The molecule has 2 heterocycles. The molecule has 1 aliphatic rings. The van der Waals surface area contributed by atoms with Gasteiger partial charge in [0.25, 0.3) is 17.4 Å². The standard InChI is InChI=1S/C23H21ClN4O5/c24-16-8-5-14(6-9-16)21(30)27-26-20(29)13-33-23(32)15-7-10-17-18(12-15)25-19-4-2-1-3-11-28(19)22(17)31/h5-10,12H,1-4,11,13H2,(H,26,29)(H,27,30). The maximum absolute atomic E-state index is 12.8. The second kappa shape index (κ2) is 9.83. The summed E-state index contributed by atoms with van der Waals surface area (Å²) in [5.41, 5.74) is 5.17. The van der Waals surface area contributed by atoms with E-state index >= 15 is 0 Å². The van der Waals surface area contributed by atoms with Gasteiger partial charge in [0, 0.05) is 23.6 Å². The van der Waals surface area contributed by atoms with Gasteiger partial charge < -0.3 is 4.74 Å². The third kappa shape index (κ3) is 5.20. The fraction of sp³-hybridized carbons (Fsp3) is 0.261. The van der Waals surface area contributed by atoms with Crippen LogP contribution in [0.25, 0.3) is 10.9 Å². The van der Waals surface area contributed by atoms with Crippen LogP contribution in [0, 0.1) is 0 Å². The molecule has 9 nitrogen and oxygen atoms in total. The molecule has 0 radical (unpaired) electrons. The normalized spacial score (nSPS) is 13.0. The van der Waals surface area contributed by atoms with E-state index in [9.17, 15) is 19.2 Å². The second-order valence-electron chi connectivity index (χ2n) is 7.61. The van der Waals surface area contributed by atoms with Crippen LogP contribution in [-0.2, 0) is 22.5 Å². The molecule has 0 aliphatic carbocycles. The first-order chi connectivity index (χ1) is 15.9. The van der Waals surface area contributed by atoms with Crippen molar-refractivity contribution in [1.29, 1.82) is 0 Å². The van der Waals surface area contributed by atoms with Gasteiger partial charge in [0.05, 0.1) is 16.5 Å². The zero-order valence-corrected chi connectivity index (χ0v) is 18.4. The van der Waals surface area contributed by atoms with Crippen LogP contribution in [0.4, 0.5) is 0 Å². The second-order valence-corrected chi connectivity index (χ2v) is 8.05. The lowest BCUT2D eigenvalue weighted by Gasteiger charge is -2.11. The summed E-state index contributed by atoms with van der Waals surface area (Å²) in [5.74, 6) is -1.29. The van der Waals surface area contributed by atoms with Crippen LogP contribution in [0.3, 0.4) is 0 Å². The molecule has 0 spiro atoms. The lowest BCUT2D eigenvalue weighted by molar-refractivity contribution is -0.125. The molecule has 0 unspecified atom stereocenters. The zero-order valence-electron chi connectivity index (χ0n) is 17.6. The Morgan fingerprint density at radius 3 is 2.55 bits per heavy atom. The van der Waals surface area contributed by atoms with E-state index in [1.165, 1.54) is 24.3 Å². The number of rotatable bonds is 4. The molecule has 1 aliphatic heterocycles. The van der Waals surface area contributed by atoms with Crippen LogP contribution in [0.2, 0.25) is 5.02 Å². The summed E-state index contributed by atoms with van der Waals surface area (Å²) in [6.07, 6.45) is 3.65. The van der Waals surface area contributed by atoms with Crippen molar-refractivity contribution in [3.63, 3.8) is 0 Å². The molecule has 0 saturated carbocycles. The number of nitrogens with zero attached hydrogens (tertiary/aromatic N) is 2. The van der Waals surface area contributed by atoms with E-state index in [1.807, 2.05) is 0 Å². The van der Waals surface area contributed by atoms with E-state index in [1.54, 1.807) is 22.8 Å². The largest absolute Gasteiger partial charge is 0.452 e. The summed E-state index contributed by atoms with van der Waals surface area (Å²) >= 11 is 5.77. The van der Waals surface area contributed by atoms with Crippen LogP contribution in [0.5, 0.6) is 0 Å². The Kier molecular flexibility index (Phi) is 6.69. The van der Waals surface area contributed by atoms with Crippen molar-refractivity contribution < 1.29 is 19.1 Å². The van der Waals surface area contributed by atoms with Crippen LogP contribution in [0.15, 0.2) is 47.3 Å². The Hall–Kier alpha value is -3.72. The van der Waals surface area contributed by atoms with Crippen LogP contribution in [-0.4, -0.2) is 33.9 Å². The molecule has 2 amide bonds. The number of aromatic nitrogens is 2. The lowest BCUT2D eigenvalue weighted by atomic mass is 10.1. The number of carbonyl (C=O) groups is 3. The van der Waals surface area contributed by atoms with Gasteiger partial charge in [0.1, 0.15) is 5.82 Å². The van der Waals surface area contributed by atoms with Crippen molar-refractivity contribution in [3.05, 3.63) is 74.8 Å². The molecule has 170 valence electrons. The fourth-order valence-electron chi connectivity index (χ4n) is 3.60. The Balaban J connectivity index is 1.37. The summed E-state index contributed by atoms with van der Waals surface area (Å²) in [4.78, 5) is 53.7. The quantitative estimate of drug-likeness (QED) is 0.448. The first-order valence-electron chi connectivity index (χ1n) is 10.5. The van der Waals surface area contributed by atoms with Crippen molar-refractivity contribution >= 4 is 40.3 Å². The summed E-state index contributed by atoms with van der Waals surface area (Å²) in [6.45, 7) is 0.0443. The van der Waals surface area contributed by atoms with Crippen molar-refractivity contribution in [3.8, 4) is 0 Å². The number of amides is 2. The molecule has 3 aromatic rings. The first-order valence-corrected chi connectivity index (χ1v) is 10.9. The van der Waals surface area contributed by atoms with Gasteiger partial charge >= 0.3 is 5.97 Å². The number of hydrazine groups is 1. The average molecular weight is 469 g/mol. The van der Waals surface area contributed by atoms with Crippen molar-refractivity contribution in [2.24, 2.45) is 0 Å². The van der Waals surface area contributed by atoms with Gasteiger partial charge in [-0.25, -0.2) is 9.78 Å². The summed E-state index contributed by atoms with van der Waals surface area (Å²) in [5, 5.41) is 0.909. The van der Waals surface area contributed by atoms with Gasteiger partial charge in [-0.1, -0.05) is 18.0 Å². The van der Waals surface area contributed by atoms with Gasteiger partial charge in [-0.3, -0.25) is 29.8 Å². The molecule has 0 saturated heterocycles. The third-order valence-corrected chi connectivity index (χ3v) is 5.56. The van der Waals surface area contributed by atoms with E-state index in [-0.39, 0.29) is 11.1 Å². The molecule has 0 bridgehead atoms. The molecule has 4 rings (SSSR count). The van der Waals surface area contributed by atoms with Gasteiger partial charge in [0.2, 0.25) is 0 Å². The maximum atomic E-state index is 12.8. The van der Waals surface area contributed by atoms with Gasteiger partial charge in [-0.05, 0) is 55.3 Å². The Labute approximate surface area is 193 Å². The summed E-state index contributed by atoms with van der Waals surface area (Å²) in [7, 11) is 0. The van der Waals surface area contributed by atoms with Gasteiger partial charge in [-0.15, -0.1) is 0 Å². The third-order valence-electron chi connectivity index (χ3n) is 5.31. The van der Waals surface area contributed by atoms with Gasteiger partial charge in [0.15, 0.2) is 6.61 Å². The molecule has 0 atom stereocenters. The zero-order chi connectivity index (χ0) is 23.4. The number of aryl methyl sites for hydroxylation is 1. The number of fused-ring (bicyclic) bond motifs is 2. The molecule has 33 heavy (non-hydrogen) atoms. The van der Waals surface area contributed by atoms with Crippen molar-refractivity contribution in [2.75, 3.05) is 6.61 Å². The summed E-state index contributed by atoms with van der Waals surface area (Å²) < 4.78 is 6.73. The van der Waals surface area contributed by atoms with E-state index in [2.05, 4.69) is 15.8 Å². The number of carbonyl (C=O) groups excluding carboxylic acids is 3. The van der Waals surface area contributed by atoms with E-state index < -0.39 is 24.4 Å². The highest BCUT2D eigenvalue weighted by atomic mass is 35.5. The van der Waals surface area contributed by atoms with Crippen molar-refractivity contribution in [2.45, 2.75) is 32.2 Å². The minimum atomic E-state index is -0.743. The van der Waals surface area contributed by atoms with Gasteiger partial charge in [-0.2, -0.15) is 0 Å². The minimum absolute atomic E-state index is 0.118. The highest BCUT2D eigenvalue weighted by Gasteiger charge is 2.17. The molecule has 1 aromatic heterocycles. The maximum Gasteiger partial charge on any atom is 0.338 e. The Morgan fingerprint density at radius 1 is 1.00 bits per heavy atom. The SMILES string of the molecule is O=C(COC(=O)c1ccc2c(=O)n3c(nc2c1)CCCCC3)NNC(=O)c1ccc(Cl)cc1. The predicted octanol–water partition coefficient (Wildman–Crippen LogP) is 2.39. The smallest absolute Gasteiger partial charge is 0.338 e. The first kappa shape index (κ1) is 22.5. The molecular weight excluding hydrogens is 448 g/mol. The molecule has 2 aromatic carbocycles. The number of nitrogens with one attached hydrogen (secondary N) is 2. The fourth-order valence-corrected chi connectivity index (χ4v) is 3.72. The van der Waals surface area contributed by atoms with Crippen LogP contribution in [0.1, 0.15) is 45.8 Å². The number of esters is 1.